The van der Waals surface area contributed by atoms with Gasteiger partial charge in [0.2, 0.25) is 0 Å². The van der Waals surface area contributed by atoms with Gasteiger partial charge in [0.1, 0.15) is 0 Å². The van der Waals surface area contributed by atoms with Gasteiger partial charge in [0.15, 0.2) is 0 Å². The minimum atomic E-state index is -0.712. The fourth-order valence-electron chi connectivity index (χ4n) is 1.55. The maximum atomic E-state index is 11.0. The van der Waals surface area contributed by atoms with E-state index >= 15 is 0 Å². The van der Waals surface area contributed by atoms with Crippen LogP contribution < -0.4 is 0 Å². The van der Waals surface area contributed by atoms with Crippen molar-refractivity contribution in [3.63, 3.8) is 0 Å². The summed E-state index contributed by atoms with van der Waals surface area (Å²) in [5.74, 6) is -0.598. The predicted octanol–water partition coefficient (Wildman–Crippen LogP) is 2.74. The molecule has 1 N–H and O–H groups in total. The van der Waals surface area contributed by atoms with E-state index in [4.69, 9.17) is 5.11 Å². The molecule has 1 heterocycles. The Morgan fingerprint density at radius 2 is 2.27 bits per heavy atom. The Kier molecular flexibility index (Phi) is 4.27. The molecule has 0 spiro atoms. The Hall–Kier alpha value is -0.900. The molecule has 1 aromatic rings. The zero-order valence-electron chi connectivity index (χ0n) is 9.36. The van der Waals surface area contributed by atoms with E-state index in [0.717, 1.165) is 10.7 Å². The number of rotatable bonds is 5. The molecule has 0 aliphatic rings. The molecule has 84 valence electrons. The van der Waals surface area contributed by atoms with E-state index in [-0.39, 0.29) is 5.92 Å². The molecule has 0 saturated heterocycles. The van der Waals surface area contributed by atoms with E-state index in [2.05, 4.69) is 4.98 Å². The van der Waals surface area contributed by atoms with Crippen LogP contribution in [0.1, 0.15) is 31.0 Å². The van der Waals surface area contributed by atoms with Gasteiger partial charge in [-0.25, -0.2) is 4.98 Å². The van der Waals surface area contributed by atoms with Gasteiger partial charge in [0, 0.05) is 17.5 Å². The molecule has 0 saturated carbocycles. The Morgan fingerprint density at radius 3 is 2.67 bits per heavy atom. The minimum absolute atomic E-state index is 0.296. The van der Waals surface area contributed by atoms with Gasteiger partial charge >= 0.3 is 5.97 Å². The monoisotopic (exact) mass is 227 g/mol. The van der Waals surface area contributed by atoms with Crippen LogP contribution in [-0.4, -0.2) is 16.1 Å². The van der Waals surface area contributed by atoms with Gasteiger partial charge in [-0.2, -0.15) is 0 Å². The highest BCUT2D eigenvalue weighted by atomic mass is 32.1. The SMILES string of the molecule is Cc1csc(CC(CC(C)C)C(=O)O)n1. The molecule has 0 aromatic carbocycles. The van der Waals surface area contributed by atoms with Gasteiger partial charge in [-0.1, -0.05) is 13.8 Å². The van der Waals surface area contributed by atoms with Crippen LogP contribution in [0.25, 0.3) is 0 Å². The van der Waals surface area contributed by atoms with Crippen LogP contribution in [0.4, 0.5) is 0 Å². The molecule has 15 heavy (non-hydrogen) atoms. The maximum absolute atomic E-state index is 11.0. The fraction of sp³-hybridized carbons (Fsp3) is 0.636. The van der Waals surface area contributed by atoms with Gasteiger partial charge in [-0.05, 0) is 19.3 Å². The lowest BCUT2D eigenvalue weighted by Crippen LogP contribution is -2.18. The number of carbonyl (C=O) groups is 1. The third-order valence-electron chi connectivity index (χ3n) is 2.19. The first-order chi connectivity index (χ1) is 6.99. The van der Waals surface area contributed by atoms with Crippen LogP contribution in [0.2, 0.25) is 0 Å². The van der Waals surface area contributed by atoms with E-state index in [0.29, 0.717) is 18.8 Å². The molecule has 1 unspecified atom stereocenters. The van der Waals surface area contributed by atoms with Crippen LogP contribution in [0, 0.1) is 18.8 Å². The van der Waals surface area contributed by atoms with Crippen LogP contribution in [0.3, 0.4) is 0 Å². The average molecular weight is 227 g/mol. The lowest BCUT2D eigenvalue weighted by atomic mass is 9.94. The van der Waals surface area contributed by atoms with Gasteiger partial charge in [0.05, 0.1) is 10.9 Å². The quantitative estimate of drug-likeness (QED) is 0.841. The summed E-state index contributed by atoms with van der Waals surface area (Å²) in [5, 5.41) is 12.0. The van der Waals surface area contributed by atoms with Crippen molar-refractivity contribution in [1.29, 1.82) is 0 Å². The van der Waals surface area contributed by atoms with Gasteiger partial charge in [-0.15, -0.1) is 11.3 Å². The molecule has 4 heteroatoms. The van der Waals surface area contributed by atoms with Crippen LogP contribution in [0.15, 0.2) is 5.38 Å². The van der Waals surface area contributed by atoms with Gasteiger partial charge < -0.3 is 5.11 Å². The van der Waals surface area contributed by atoms with E-state index in [9.17, 15) is 4.79 Å². The van der Waals surface area contributed by atoms with Crippen molar-refractivity contribution in [3.05, 3.63) is 16.1 Å². The Bertz CT molecular complexity index is 333. The van der Waals surface area contributed by atoms with E-state index < -0.39 is 5.97 Å². The summed E-state index contributed by atoms with van der Waals surface area (Å²) in [6, 6.07) is 0. The molecule has 1 atom stereocenters. The lowest BCUT2D eigenvalue weighted by molar-refractivity contribution is -0.142. The summed E-state index contributed by atoms with van der Waals surface area (Å²) >= 11 is 1.55. The summed E-state index contributed by atoms with van der Waals surface area (Å²) in [6.07, 6.45) is 1.28. The number of nitrogens with zero attached hydrogens (tertiary/aromatic N) is 1. The van der Waals surface area contributed by atoms with Gasteiger partial charge in [-0.3, -0.25) is 4.79 Å². The highest BCUT2D eigenvalue weighted by Crippen LogP contribution is 2.20. The number of aryl methyl sites for hydroxylation is 1. The molecular weight excluding hydrogens is 210 g/mol. The van der Waals surface area contributed by atoms with Crippen LogP contribution >= 0.6 is 11.3 Å². The Labute approximate surface area is 94.2 Å². The summed E-state index contributed by atoms with van der Waals surface area (Å²) in [5.41, 5.74) is 0.976. The lowest BCUT2D eigenvalue weighted by Gasteiger charge is -2.12. The van der Waals surface area contributed by atoms with Crippen LogP contribution in [-0.2, 0) is 11.2 Å². The number of aromatic nitrogens is 1. The predicted molar refractivity (Wildman–Crippen MR) is 61.1 cm³/mol. The molecular formula is C11H17NO2S. The second kappa shape index (κ2) is 5.26. The fourth-order valence-corrected chi connectivity index (χ4v) is 2.40. The minimum Gasteiger partial charge on any atom is -0.481 e. The van der Waals surface area contributed by atoms with Crippen LogP contribution in [0.5, 0.6) is 0 Å². The molecule has 0 fully saturated rings. The standard InChI is InChI=1S/C11H17NO2S/c1-7(2)4-9(11(13)14)5-10-12-8(3)6-15-10/h6-7,9H,4-5H2,1-3H3,(H,13,14). The second-order valence-corrected chi connectivity index (χ2v) is 5.19. The molecule has 0 radical (unpaired) electrons. The second-order valence-electron chi connectivity index (χ2n) is 4.25. The zero-order valence-corrected chi connectivity index (χ0v) is 10.2. The number of carboxylic acids is 1. The number of aliphatic carboxylic acids is 1. The van der Waals surface area contributed by atoms with Crippen molar-refractivity contribution in [3.8, 4) is 0 Å². The average Bonchev–Trinajstić information content (AvgIpc) is 2.49. The third kappa shape index (κ3) is 4.00. The number of thiazole rings is 1. The summed E-state index contributed by atoms with van der Waals surface area (Å²) < 4.78 is 0. The van der Waals surface area contributed by atoms with Crippen molar-refractivity contribution in [2.45, 2.75) is 33.6 Å². The molecule has 1 rings (SSSR count). The topological polar surface area (TPSA) is 50.2 Å². The first-order valence-corrected chi connectivity index (χ1v) is 6.00. The largest absolute Gasteiger partial charge is 0.481 e. The molecule has 0 bridgehead atoms. The summed E-state index contributed by atoms with van der Waals surface area (Å²) in [6.45, 7) is 6.02. The first kappa shape index (κ1) is 12.2. The molecule has 3 nitrogen and oxygen atoms in total. The van der Waals surface area contributed by atoms with Gasteiger partial charge in [0.25, 0.3) is 0 Å². The van der Waals surface area contributed by atoms with E-state index in [1.54, 1.807) is 11.3 Å². The summed E-state index contributed by atoms with van der Waals surface area (Å²) in [4.78, 5) is 15.3. The molecule has 0 amide bonds. The number of carboxylic acid groups (broad SMARTS) is 1. The third-order valence-corrected chi connectivity index (χ3v) is 3.18. The smallest absolute Gasteiger partial charge is 0.306 e. The molecule has 1 aromatic heterocycles. The summed E-state index contributed by atoms with van der Waals surface area (Å²) in [7, 11) is 0. The number of hydrogen-bond acceptors (Lipinski definition) is 3. The maximum Gasteiger partial charge on any atom is 0.306 e. The van der Waals surface area contributed by atoms with E-state index in [1.165, 1.54) is 0 Å². The highest BCUT2D eigenvalue weighted by Gasteiger charge is 2.20. The molecule has 0 aliphatic carbocycles. The Morgan fingerprint density at radius 1 is 1.60 bits per heavy atom. The van der Waals surface area contributed by atoms with E-state index in [1.807, 2.05) is 26.2 Å². The van der Waals surface area contributed by atoms with Crippen molar-refractivity contribution in [2.24, 2.45) is 11.8 Å². The first-order valence-electron chi connectivity index (χ1n) is 5.13. The highest BCUT2D eigenvalue weighted by molar-refractivity contribution is 7.09. The zero-order chi connectivity index (χ0) is 11.4. The van der Waals surface area contributed by atoms with Crippen molar-refractivity contribution >= 4 is 17.3 Å². The normalized spacial score (nSPS) is 13.1. The van der Waals surface area contributed by atoms with Crippen molar-refractivity contribution in [1.82, 2.24) is 4.98 Å². The Balaban J connectivity index is 2.62. The number of hydrogen-bond donors (Lipinski definition) is 1. The van der Waals surface area contributed by atoms with Crippen molar-refractivity contribution < 1.29 is 9.90 Å². The molecule has 0 aliphatic heterocycles. The van der Waals surface area contributed by atoms with Crippen molar-refractivity contribution in [2.75, 3.05) is 0 Å².